The summed E-state index contributed by atoms with van der Waals surface area (Å²) in [6.45, 7) is 2.57. The zero-order chi connectivity index (χ0) is 19.9. The number of nitrogens with one attached hydrogen (secondary N) is 2. The average molecular weight is 380 g/mol. The van der Waals surface area contributed by atoms with E-state index in [1.54, 1.807) is 35.6 Å². The van der Waals surface area contributed by atoms with Crippen LogP contribution in [-0.2, 0) is 22.6 Å². The zero-order valence-corrected chi connectivity index (χ0v) is 14.6. The van der Waals surface area contributed by atoms with Crippen LogP contribution in [0.25, 0.3) is 0 Å². The summed E-state index contributed by atoms with van der Waals surface area (Å²) in [7, 11) is 0. The molecule has 27 heavy (non-hydrogen) atoms. The Morgan fingerprint density at radius 3 is 2.37 bits per heavy atom. The molecule has 0 fully saturated rings. The molecular formula is C19H19F3N2O3. The van der Waals surface area contributed by atoms with Crippen LogP contribution in [0.1, 0.15) is 18.1 Å². The highest BCUT2D eigenvalue weighted by atomic mass is 19.4. The normalized spacial score (nSPS) is 11.0. The van der Waals surface area contributed by atoms with Gasteiger partial charge < -0.3 is 15.4 Å². The van der Waals surface area contributed by atoms with E-state index in [9.17, 15) is 22.8 Å². The van der Waals surface area contributed by atoms with Gasteiger partial charge in [-0.05, 0) is 42.3 Å². The summed E-state index contributed by atoms with van der Waals surface area (Å²) in [6.07, 6.45) is -4.79. The lowest BCUT2D eigenvalue weighted by Crippen LogP contribution is -2.30. The fourth-order valence-corrected chi connectivity index (χ4v) is 2.28. The second-order valence-electron chi connectivity index (χ2n) is 5.68. The Bertz CT molecular complexity index is 790. The molecule has 0 aliphatic rings. The molecule has 2 aromatic rings. The Labute approximate surface area is 154 Å². The van der Waals surface area contributed by atoms with Gasteiger partial charge in [0.05, 0.1) is 13.0 Å². The first-order valence-corrected chi connectivity index (χ1v) is 8.23. The molecular weight excluding hydrogens is 361 g/mol. The minimum atomic E-state index is -4.96. The summed E-state index contributed by atoms with van der Waals surface area (Å²) in [4.78, 5) is 23.0. The third kappa shape index (κ3) is 6.65. The first kappa shape index (κ1) is 20.3. The lowest BCUT2D eigenvalue weighted by Gasteiger charge is -2.10. The van der Waals surface area contributed by atoms with Crippen molar-refractivity contribution in [3.05, 3.63) is 59.7 Å². The van der Waals surface area contributed by atoms with Crippen LogP contribution in [0.3, 0.4) is 0 Å². The van der Waals surface area contributed by atoms with Crippen molar-refractivity contribution in [3.8, 4) is 5.75 Å². The van der Waals surface area contributed by atoms with Crippen LogP contribution in [0.4, 0.5) is 18.9 Å². The highest BCUT2D eigenvalue weighted by Crippen LogP contribution is 2.19. The van der Waals surface area contributed by atoms with Crippen LogP contribution in [-0.4, -0.2) is 24.6 Å². The number of benzene rings is 2. The molecule has 0 heterocycles. The molecule has 2 rings (SSSR count). The summed E-state index contributed by atoms with van der Waals surface area (Å²) in [5, 5.41) is 4.47. The molecule has 0 radical (unpaired) electrons. The summed E-state index contributed by atoms with van der Waals surface area (Å²) in [6, 6.07) is 13.0. The van der Waals surface area contributed by atoms with E-state index < -0.39 is 12.1 Å². The number of rotatable bonds is 7. The number of hydrogen-bond acceptors (Lipinski definition) is 3. The van der Waals surface area contributed by atoms with Gasteiger partial charge in [-0.3, -0.25) is 9.59 Å². The number of ether oxygens (including phenoxy) is 1. The fraction of sp³-hybridized carbons (Fsp3) is 0.263. The lowest BCUT2D eigenvalue weighted by molar-refractivity contribution is -0.167. The first-order valence-electron chi connectivity index (χ1n) is 8.23. The van der Waals surface area contributed by atoms with Gasteiger partial charge in [-0.1, -0.05) is 24.3 Å². The van der Waals surface area contributed by atoms with Gasteiger partial charge in [0, 0.05) is 12.2 Å². The van der Waals surface area contributed by atoms with Crippen molar-refractivity contribution in [1.82, 2.24) is 5.32 Å². The Balaban J connectivity index is 1.87. The van der Waals surface area contributed by atoms with Crippen molar-refractivity contribution in [3.63, 3.8) is 0 Å². The number of anilines is 1. The molecule has 2 aromatic carbocycles. The first-order chi connectivity index (χ1) is 12.8. The number of amides is 2. The van der Waals surface area contributed by atoms with Gasteiger partial charge in [-0.25, -0.2) is 0 Å². The molecule has 0 aliphatic heterocycles. The topological polar surface area (TPSA) is 67.4 Å². The minimum Gasteiger partial charge on any atom is -0.494 e. The largest absolute Gasteiger partial charge is 0.494 e. The van der Waals surface area contributed by atoms with Crippen LogP contribution in [0, 0.1) is 0 Å². The lowest BCUT2D eigenvalue weighted by atomic mass is 10.1. The molecule has 0 saturated carbocycles. The van der Waals surface area contributed by atoms with Crippen molar-refractivity contribution in [2.24, 2.45) is 0 Å². The summed E-state index contributed by atoms with van der Waals surface area (Å²) in [5.74, 6) is -1.55. The van der Waals surface area contributed by atoms with E-state index in [0.29, 0.717) is 12.2 Å². The SMILES string of the molecule is CCOc1ccc(CC(=O)NCc2cccc(NC(=O)C(F)(F)F)c2)cc1. The number of carbonyl (C=O) groups excluding carboxylic acids is 2. The van der Waals surface area contributed by atoms with Gasteiger partial charge >= 0.3 is 12.1 Å². The van der Waals surface area contributed by atoms with Crippen LogP contribution in [0.5, 0.6) is 5.75 Å². The van der Waals surface area contributed by atoms with Gasteiger partial charge in [0.2, 0.25) is 5.91 Å². The van der Waals surface area contributed by atoms with Crippen LogP contribution in [0.2, 0.25) is 0 Å². The smallest absolute Gasteiger partial charge is 0.471 e. The molecule has 2 amide bonds. The number of alkyl halides is 3. The zero-order valence-electron chi connectivity index (χ0n) is 14.6. The van der Waals surface area contributed by atoms with E-state index in [1.807, 2.05) is 6.92 Å². The quantitative estimate of drug-likeness (QED) is 0.773. The van der Waals surface area contributed by atoms with Crippen LogP contribution in [0.15, 0.2) is 48.5 Å². The Morgan fingerprint density at radius 1 is 1.04 bits per heavy atom. The molecule has 0 aromatic heterocycles. The van der Waals surface area contributed by atoms with Gasteiger partial charge in [-0.2, -0.15) is 13.2 Å². The Kier molecular flexibility index (Phi) is 6.81. The number of halogens is 3. The monoisotopic (exact) mass is 380 g/mol. The maximum absolute atomic E-state index is 12.3. The van der Waals surface area contributed by atoms with E-state index in [0.717, 1.165) is 11.3 Å². The number of hydrogen-bond donors (Lipinski definition) is 2. The van der Waals surface area contributed by atoms with E-state index in [1.165, 1.54) is 18.2 Å². The van der Waals surface area contributed by atoms with Crippen molar-refractivity contribution < 1.29 is 27.5 Å². The molecule has 144 valence electrons. The fourth-order valence-electron chi connectivity index (χ4n) is 2.28. The summed E-state index contributed by atoms with van der Waals surface area (Å²) < 4.78 is 42.2. The highest BCUT2D eigenvalue weighted by Gasteiger charge is 2.38. The standard InChI is InChI=1S/C19H19F3N2O3/c1-2-27-16-8-6-13(7-9-16)11-17(25)23-12-14-4-3-5-15(10-14)24-18(26)19(20,21)22/h3-10H,2,11-12H2,1H3,(H,23,25)(H,24,26). The van der Waals surface area contributed by atoms with E-state index >= 15 is 0 Å². The molecule has 8 heteroatoms. The molecule has 5 nitrogen and oxygen atoms in total. The average Bonchev–Trinajstić information content (AvgIpc) is 2.61. The third-order valence-corrected chi connectivity index (χ3v) is 3.53. The van der Waals surface area contributed by atoms with E-state index in [-0.39, 0.29) is 24.6 Å². The summed E-state index contributed by atoms with van der Waals surface area (Å²) in [5.41, 5.74) is 1.38. The Morgan fingerprint density at radius 2 is 1.74 bits per heavy atom. The van der Waals surface area contributed by atoms with Crippen LogP contribution < -0.4 is 15.4 Å². The molecule has 0 saturated heterocycles. The molecule has 2 N–H and O–H groups in total. The van der Waals surface area contributed by atoms with Gasteiger partial charge in [0.25, 0.3) is 0 Å². The maximum atomic E-state index is 12.3. The van der Waals surface area contributed by atoms with Crippen molar-refractivity contribution >= 4 is 17.5 Å². The van der Waals surface area contributed by atoms with Gasteiger partial charge in [-0.15, -0.1) is 0 Å². The van der Waals surface area contributed by atoms with Crippen molar-refractivity contribution in [2.45, 2.75) is 26.1 Å². The predicted octanol–water partition coefficient (Wildman–Crippen LogP) is 3.45. The number of carbonyl (C=O) groups is 2. The minimum absolute atomic E-state index is 0.00980. The Hall–Kier alpha value is -3.03. The molecule has 0 bridgehead atoms. The second-order valence-corrected chi connectivity index (χ2v) is 5.68. The summed E-state index contributed by atoms with van der Waals surface area (Å²) >= 11 is 0. The highest BCUT2D eigenvalue weighted by molar-refractivity contribution is 5.94. The van der Waals surface area contributed by atoms with Crippen molar-refractivity contribution in [2.75, 3.05) is 11.9 Å². The van der Waals surface area contributed by atoms with Crippen molar-refractivity contribution in [1.29, 1.82) is 0 Å². The maximum Gasteiger partial charge on any atom is 0.471 e. The van der Waals surface area contributed by atoms with Crippen LogP contribution >= 0.6 is 0 Å². The predicted molar refractivity (Wildman–Crippen MR) is 94.3 cm³/mol. The van der Waals surface area contributed by atoms with E-state index in [2.05, 4.69) is 5.32 Å². The van der Waals surface area contributed by atoms with Gasteiger partial charge in [0.15, 0.2) is 0 Å². The molecule has 0 unspecified atom stereocenters. The van der Waals surface area contributed by atoms with E-state index in [4.69, 9.17) is 4.74 Å². The molecule has 0 atom stereocenters. The molecule has 0 spiro atoms. The third-order valence-electron chi connectivity index (χ3n) is 3.53. The van der Waals surface area contributed by atoms with Gasteiger partial charge in [0.1, 0.15) is 5.75 Å². The second kappa shape index (κ2) is 9.07. The molecule has 0 aliphatic carbocycles.